The van der Waals surface area contributed by atoms with E-state index in [1.807, 2.05) is 24.3 Å². The number of rotatable bonds is 17. The Kier molecular flexibility index (Phi) is 15.7. The van der Waals surface area contributed by atoms with Crippen LogP contribution in [0.1, 0.15) is 102 Å². The molecule has 0 fully saturated rings. The third kappa shape index (κ3) is 13.8. The van der Waals surface area contributed by atoms with Crippen molar-refractivity contribution in [2.45, 2.75) is 96.8 Å². The molecule has 0 aliphatic heterocycles. The van der Waals surface area contributed by atoms with Gasteiger partial charge in [-0.15, -0.1) is 0 Å². The second kappa shape index (κ2) is 17.8. The highest BCUT2D eigenvalue weighted by atomic mass is 35.5. The second-order valence-electron chi connectivity index (χ2n) is 7.74. The Morgan fingerprint density at radius 2 is 1.32 bits per heavy atom. The van der Waals surface area contributed by atoms with Crippen molar-refractivity contribution in [3.8, 4) is 0 Å². The van der Waals surface area contributed by atoms with Crippen LogP contribution < -0.4 is 5.32 Å². The second-order valence-corrected chi connectivity index (χ2v) is 8.15. The van der Waals surface area contributed by atoms with Crippen LogP contribution in [0.25, 0.3) is 6.08 Å². The van der Waals surface area contributed by atoms with Gasteiger partial charge in [0.1, 0.15) is 0 Å². The van der Waals surface area contributed by atoms with Crippen LogP contribution >= 0.6 is 11.6 Å². The Morgan fingerprint density at radius 1 is 0.821 bits per heavy atom. The van der Waals surface area contributed by atoms with Crippen molar-refractivity contribution in [2.75, 3.05) is 6.54 Å². The molecule has 2 nitrogen and oxygen atoms in total. The third-order valence-corrected chi connectivity index (χ3v) is 5.49. The van der Waals surface area contributed by atoms with Crippen LogP contribution in [0.2, 0.25) is 5.02 Å². The number of hydrogen-bond donors (Lipinski definition) is 1. The van der Waals surface area contributed by atoms with Gasteiger partial charge in [-0.25, -0.2) is 0 Å². The Hall–Kier alpha value is -1.28. The van der Waals surface area contributed by atoms with Gasteiger partial charge in [0.2, 0.25) is 5.91 Å². The predicted octanol–water partition coefficient (Wildman–Crippen LogP) is 7.95. The summed E-state index contributed by atoms with van der Waals surface area (Å²) in [6, 6.07) is 7.53. The van der Waals surface area contributed by atoms with Crippen molar-refractivity contribution < 1.29 is 4.79 Å². The lowest BCUT2D eigenvalue weighted by Crippen LogP contribution is -2.21. The van der Waals surface area contributed by atoms with Crippen molar-refractivity contribution in [3.63, 3.8) is 0 Å². The van der Waals surface area contributed by atoms with Crippen LogP contribution in [0.5, 0.6) is 0 Å². The number of hydrogen-bond acceptors (Lipinski definition) is 1. The molecule has 28 heavy (non-hydrogen) atoms. The van der Waals surface area contributed by atoms with Crippen molar-refractivity contribution in [1.82, 2.24) is 5.32 Å². The maximum absolute atomic E-state index is 11.8. The van der Waals surface area contributed by atoms with E-state index in [-0.39, 0.29) is 5.91 Å². The average Bonchev–Trinajstić information content (AvgIpc) is 2.70. The molecule has 1 amide bonds. The molecule has 0 radical (unpaired) electrons. The maximum Gasteiger partial charge on any atom is 0.243 e. The number of unbranched alkanes of at least 4 members (excludes halogenated alkanes) is 13. The molecule has 0 heterocycles. The van der Waals surface area contributed by atoms with Crippen LogP contribution in [0.3, 0.4) is 0 Å². The lowest BCUT2D eigenvalue weighted by atomic mass is 10.0. The lowest BCUT2D eigenvalue weighted by molar-refractivity contribution is -0.116. The quantitative estimate of drug-likeness (QED) is 0.206. The highest BCUT2D eigenvalue weighted by Crippen LogP contribution is 2.16. The monoisotopic (exact) mass is 405 g/mol. The van der Waals surface area contributed by atoms with E-state index in [4.69, 9.17) is 11.6 Å². The summed E-state index contributed by atoms with van der Waals surface area (Å²) >= 11 is 6.07. The molecular formula is C25H40ClNO. The number of carbonyl (C=O) groups excluding carboxylic acids is 1. The highest BCUT2D eigenvalue weighted by Gasteiger charge is 1.98. The molecule has 1 aromatic rings. The van der Waals surface area contributed by atoms with E-state index in [9.17, 15) is 4.79 Å². The predicted molar refractivity (Wildman–Crippen MR) is 124 cm³/mol. The first-order chi connectivity index (χ1) is 13.7. The van der Waals surface area contributed by atoms with E-state index in [0.717, 1.165) is 18.5 Å². The SMILES string of the molecule is CCCCCCCCCCCCCCCCNC(=O)/C=C/c1ccccc1Cl. The summed E-state index contributed by atoms with van der Waals surface area (Å²) < 4.78 is 0. The Balaban J connectivity index is 1.86. The number of halogens is 1. The lowest BCUT2D eigenvalue weighted by Gasteiger charge is -2.04. The highest BCUT2D eigenvalue weighted by molar-refractivity contribution is 6.32. The molecule has 0 unspecified atom stereocenters. The minimum absolute atomic E-state index is 0.0467. The van der Waals surface area contributed by atoms with E-state index in [0.29, 0.717) is 5.02 Å². The summed E-state index contributed by atoms with van der Waals surface area (Å²) in [4.78, 5) is 11.8. The zero-order valence-corrected chi connectivity index (χ0v) is 18.6. The van der Waals surface area contributed by atoms with Gasteiger partial charge in [-0.1, -0.05) is 120 Å². The van der Waals surface area contributed by atoms with Crippen LogP contribution in [0.4, 0.5) is 0 Å². The molecule has 0 aliphatic rings. The minimum Gasteiger partial charge on any atom is -0.353 e. The number of amides is 1. The van der Waals surface area contributed by atoms with Crippen molar-refractivity contribution >= 4 is 23.6 Å². The van der Waals surface area contributed by atoms with Crippen LogP contribution in [0, 0.1) is 0 Å². The zero-order chi connectivity index (χ0) is 20.3. The molecule has 1 N–H and O–H groups in total. The summed E-state index contributed by atoms with van der Waals surface area (Å²) in [6.45, 7) is 3.03. The molecule has 3 heteroatoms. The van der Waals surface area contributed by atoms with Crippen molar-refractivity contribution in [3.05, 3.63) is 40.9 Å². The molecule has 0 saturated carbocycles. The standard InChI is InChI=1S/C25H40ClNO/c1-2-3-4-5-6-7-8-9-10-11-12-13-14-17-22-27-25(28)21-20-23-18-15-16-19-24(23)26/h15-16,18-21H,2-14,17,22H2,1H3,(H,27,28)/b21-20+. The van der Waals surface area contributed by atoms with E-state index < -0.39 is 0 Å². The third-order valence-electron chi connectivity index (χ3n) is 5.15. The fourth-order valence-corrected chi connectivity index (χ4v) is 3.56. The number of carbonyl (C=O) groups is 1. The Morgan fingerprint density at radius 3 is 1.86 bits per heavy atom. The molecule has 0 saturated heterocycles. The molecular weight excluding hydrogens is 366 g/mol. The van der Waals surface area contributed by atoms with Gasteiger partial charge in [0.15, 0.2) is 0 Å². The normalized spacial score (nSPS) is 11.2. The van der Waals surface area contributed by atoms with Crippen molar-refractivity contribution in [1.29, 1.82) is 0 Å². The Labute approximate surface area is 178 Å². The van der Waals surface area contributed by atoms with E-state index in [1.54, 1.807) is 12.2 Å². The number of nitrogens with one attached hydrogen (secondary N) is 1. The molecule has 0 aliphatic carbocycles. The molecule has 0 spiro atoms. The summed E-state index contributed by atoms with van der Waals surface area (Å²) in [5, 5.41) is 3.61. The molecule has 1 rings (SSSR count). The van der Waals surface area contributed by atoms with Gasteiger partial charge >= 0.3 is 0 Å². The van der Waals surface area contributed by atoms with Crippen LogP contribution in [-0.4, -0.2) is 12.5 Å². The first-order valence-corrected chi connectivity index (χ1v) is 11.8. The average molecular weight is 406 g/mol. The molecule has 0 atom stereocenters. The van der Waals surface area contributed by atoms with Gasteiger partial charge < -0.3 is 5.32 Å². The fraction of sp³-hybridized carbons (Fsp3) is 0.640. The zero-order valence-electron chi connectivity index (χ0n) is 17.9. The van der Waals surface area contributed by atoms with Crippen molar-refractivity contribution in [2.24, 2.45) is 0 Å². The molecule has 158 valence electrons. The van der Waals surface area contributed by atoms with Gasteiger partial charge in [-0.05, 0) is 24.1 Å². The smallest absolute Gasteiger partial charge is 0.243 e. The number of benzene rings is 1. The van der Waals surface area contributed by atoms with Crippen LogP contribution in [0.15, 0.2) is 30.3 Å². The van der Waals surface area contributed by atoms with Gasteiger partial charge in [-0.3, -0.25) is 4.79 Å². The molecule has 0 bridgehead atoms. The van der Waals surface area contributed by atoms with E-state index in [1.165, 1.54) is 83.5 Å². The molecule has 1 aromatic carbocycles. The van der Waals surface area contributed by atoms with E-state index >= 15 is 0 Å². The van der Waals surface area contributed by atoms with E-state index in [2.05, 4.69) is 12.2 Å². The summed E-state index contributed by atoms with van der Waals surface area (Å²) in [7, 11) is 0. The summed E-state index contributed by atoms with van der Waals surface area (Å²) in [6.07, 6.45) is 22.2. The summed E-state index contributed by atoms with van der Waals surface area (Å²) in [5.74, 6) is -0.0467. The minimum atomic E-state index is -0.0467. The van der Waals surface area contributed by atoms with Gasteiger partial charge in [0, 0.05) is 17.6 Å². The Bertz CT molecular complexity index is 541. The summed E-state index contributed by atoms with van der Waals surface area (Å²) in [5.41, 5.74) is 0.871. The first kappa shape index (κ1) is 24.8. The first-order valence-electron chi connectivity index (χ1n) is 11.4. The molecule has 0 aromatic heterocycles. The van der Waals surface area contributed by atoms with Crippen LogP contribution in [-0.2, 0) is 4.79 Å². The van der Waals surface area contributed by atoms with Gasteiger partial charge in [-0.2, -0.15) is 0 Å². The topological polar surface area (TPSA) is 29.1 Å². The maximum atomic E-state index is 11.8. The van der Waals surface area contributed by atoms with Gasteiger partial charge in [0.25, 0.3) is 0 Å². The fourth-order valence-electron chi connectivity index (χ4n) is 3.37. The van der Waals surface area contributed by atoms with Gasteiger partial charge in [0.05, 0.1) is 0 Å². The largest absolute Gasteiger partial charge is 0.353 e.